The van der Waals surface area contributed by atoms with Crippen molar-refractivity contribution < 1.29 is 9.72 Å². The fraction of sp³-hybridized carbons (Fsp3) is 0.350. The van der Waals surface area contributed by atoms with Crippen LogP contribution < -0.4 is 5.32 Å². The van der Waals surface area contributed by atoms with Crippen LogP contribution in [0.15, 0.2) is 47.9 Å². The number of carbonyl (C=O) groups excluding carboxylic acids is 1. The minimum Gasteiger partial charge on any atom is -0.352 e. The van der Waals surface area contributed by atoms with Crippen LogP contribution in [0.4, 0.5) is 5.69 Å². The monoisotopic (exact) mass is 385 g/mol. The lowest BCUT2D eigenvalue weighted by Gasteiger charge is -2.31. The maximum Gasteiger partial charge on any atom is 0.270 e. The van der Waals surface area contributed by atoms with Gasteiger partial charge in [0.25, 0.3) is 5.69 Å². The molecule has 0 radical (unpaired) electrons. The summed E-state index contributed by atoms with van der Waals surface area (Å²) in [5.41, 5.74) is 0.660. The van der Waals surface area contributed by atoms with Gasteiger partial charge in [0.2, 0.25) is 5.91 Å². The smallest absolute Gasteiger partial charge is 0.270 e. The lowest BCUT2D eigenvalue weighted by Crippen LogP contribution is -2.37. The number of nitrogens with zero attached hydrogens (tertiary/aromatic N) is 2. The van der Waals surface area contributed by atoms with Crippen LogP contribution in [0.25, 0.3) is 6.08 Å². The predicted molar refractivity (Wildman–Crippen MR) is 107 cm³/mol. The van der Waals surface area contributed by atoms with Gasteiger partial charge in [0.05, 0.1) is 4.92 Å². The summed E-state index contributed by atoms with van der Waals surface area (Å²) < 4.78 is 0. The van der Waals surface area contributed by atoms with Crippen molar-refractivity contribution in [2.24, 2.45) is 5.92 Å². The van der Waals surface area contributed by atoms with Gasteiger partial charge >= 0.3 is 0 Å². The predicted octanol–water partition coefficient (Wildman–Crippen LogP) is 3.70. The standard InChI is InChI=1S/C20H23N3O3S/c24-20(7-6-16-3-1-4-18(13-16)23(25)26)21-14-17-8-10-22(11-9-17)15-19-5-2-12-27-19/h1-7,12-13,17H,8-11,14-15H2,(H,21,24)/b7-6+. The van der Waals surface area contributed by atoms with E-state index in [2.05, 4.69) is 27.7 Å². The topological polar surface area (TPSA) is 75.5 Å². The van der Waals surface area contributed by atoms with Gasteiger partial charge < -0.3 is 5.32 Å². The number of hydrogen-bond donors (Lipinski definition) is 1. The molecule has 6 nitrogen and oxygen atoms in total. The minimum absolute atomic E-state index is 0.0202. The van der Waals surface area contributed by atoms with Crippen molar-refractivity contribution in [3.8, 4) is 0 Å². The lowest BCUT2D eigenvalue weighted by atomic mass is 9.97. The number of nitrogens with one attached hydrogen (secondary N) is 1. The van der Waals surface area contributed by atoms with Crippen LogP contribution in [0.5, 0.6) is 0 Å². The van der Waals surface area contributed by atoms with E-state index in [4.69, 9.17) is 0 Å². The summed E-state index contributed by atoms with van der Waals surface area (Å²) in [7, 11) is 0. The SMILES string of the molecule is O=C(/C=C/c1cccc([N+](=O)[O-])c1)NCC1CCN(Cc2cccs2)CC1. The van der Waals surface area contributed by atoms with E-state index >= 15 is 0 Å². The first-order valence-corrected chi connectivity index (χ1v) is 9.93. The molecule has 142 valence electrons. The summed E-state index contributed by atoms with van der Waals surface area (Å²) in [6.07, 6.45) is 5.21. The highest BCUT2D eigenvalue weighted by Gasteiger charge is 2.19. The molecule has 0 saturated carbocycles. The van der Waals surface area contributed by atoms with Crippen LogP contribution in [-0.4, -0.2) is 35.4 Å². The van der Waals surface area contributed by atoms with Gasteiger partial charge in [-0.25, -0.2) is 0 Å². The summed E-state index contributed by atoms with van der Waals surface area (Å²) in [5.74, 6) is 0.335. The number of amides is 1. The second kappa shape index (κ2) is 9.43. The number of non-ortho nitro benzene ring substituents is 1. The van der Waals surface area contributed by atoms with Crippen molar-refractivity contribution in [1.82, 2.24) is 10.2 Å². The second-order valence-corrected chi connectivity index (χ2v) is 7.76. The first kappa shape index (κ1) is 19.3. The van der Waals surface area contributed by atoms with Gasteiger partial charge in [0.15, 0.2) is 0 Å². The summed E-state index contributed by atoms with van der Waals surface area (Å²) >= 11 is 1.79. The molecule has 1 aromatic heterocycles. The molecule has 1 saturated heterocycles. The van der Waals surface area contributed by atoms with E-state index in [-0.39, 0.29) is 11.6 Å². The molecule has 0 bridgehead atoms. The largest absolute Gasteiger partial charge is 0.352 e. The van der Waals surface area contributed by atoms with Crippen LogP contribution in [0, 0.1) is 16.0 Å². The summed E-state index contributed by atoms with van der Waals surface area (Å²) in [6, 6.07) is 10.5. The van der Waals surface area contributed by atoms with Crippen LogP contribution in [0.2, 0.25) is 0 Å². The van der Waals surface area contributed by atoms with Gasteiger partial charge in [-0.3, -0.25) is 19.8 Å². The highest BCUT2D eigenvalue weighted by molar-refractivity contribution is 7.09. The maximum absolute atomic E-state index is 12.0. The van der Waals surface area contributed by atoms with E-state index in [1.807, 2.05) is 0 Å². The van der Waals surface area contributed by atoms with Crippen LogP contribution >= 0.6 is 11.3 Å². The van der Waals surface area contributed by atoms with Crippen LogP contribution in [0.1, 0.15) is 23.3 Å². The van der Waals surface area contributed by atoms with Gasteiger partial charge in [0.1, 0.15) is 0 Å². The third-order valence-corrected chi connectivity index (χ3v) is 5.60. The van der Waals surface area contributed by atoms with Gasteiger partial charge in [-0.2, -0.15) is 0 Å². The molecule has 1 fully saturated rings. The first-order chi connectivity index (χ1) is 13.1. The molecule has 27 heavy (non-hydrogen) atoms. The molecule has 1 aliphatic rings. The van der Waals surface area contributed by atoms with Crippen LogP contribution in [-0.2, 0) is 11.3 Å². The van der Waals surface area contributed by atoms with Crippen molar-refractivity contribution in [3.63, 3.8) is 0 Å². The fourth-order valence-electron chi connectivity index (χ4n) is 3.19. The van der Waals surface area contributed by atoms with E-state index in [9.17, 15) is 14.9 Å². The van der Waals surface area contributed by atoms with E-state index in [0.29, 0.717) is 18.0 Å². The molecule has 0 atom stereocenters. The number of benzene rings is 1. The molecule has 0 unspecified atom stereocenters. The average molecular weight is 385 g/mol. The zero-order valence-corrected chi connectivity index (χ0v) is 15.9. The summed E-state index contributed by atoms with van der Waals surface area (Å²) in [5, 5.41) is 15.8. The number of hydrogen-bond acceptors (Lipinski definition) is 5. The number of carbonyl (C=O) groups is 1. The van der Waals surface area contributed by atoms with E-state index in [1.165, 1.54) is 23.1 Å². The molecule has 2 heterocycles. The number of nitro benzene ring substituents is 1. The second-order valence-electron chi connectivity index (χ2n) is 6.73. The van der Waals surface area contributed by atoms with Crippen molar-refractivity contribution >= 4 is 29.0 Å². The molecule has 1 N–H and O–H groups in total. The number of piperidine rings is 1. The van der Waals surface area contributed by atoms with Crippen molar-refractivity contribution in [1.29, 1.82) is 0 Å². The number of nitro groups is 1. The fourth-order valence-corrected chi connectivity index (χ4v) is 3.94. The van der Waals surface area contributed by atoms with E-state index in [0.717, 1.165) is 32.5 Å². The van der Waals surface area contributed by atoms with Gasteiger partial charge in [0, 0.05) is 36.2 Å². The van der Waals surface area contributed by atoms with Crippen LogP contribution in [0.3, 0.4) is 0 Å². The van der Waals surface area contributed by atoms with E-state index < -0.39 is 4.92 Å². The van der Waals surface area contributed by atoms with E-state index in [1.54, 1.807) is 29.5 Å². The molecular weight excluding hydrogens is 362 g/mol. The number of thiophene rings is 1. The Morgan fingerprint density at radius 2 is 2.11 bits per heavy atom. The Balaban J connectivity index is 1.39. The normalized spacial score (nSPS) is 15.9. The molecule has 1 aliphatic heterocycles. The Bertz CT molecular complexity index is 797. The maximum atomic E-state index is 12.0. The molecule has 3 rings (SSSR count). The molecular formula is C20H23N3O3S. The molecule has 1 amide bonds. The summed E-state index contributed by atoms with van der Waals surface area (Å²) in [6.45, 7) is 3.80. The lowest BCUT2D eigenvalue weighted by molar-refractivity contribution is -0.384. The molecule has 2 aromatic rings. The Morgan fingerprint density at radius 3 is 2.81 bits per heavy atom. The third kappa shape index (κ3) is 6.01. The molecule has 1 aromatic carbocycles. The zero-order chi connectivity index (χ0) is 19.1. The molecule has 0 aliphatic carbocycles. The minimum atomic E-state index is -0.442. The zero-order valence-electron chi connectivity index (χ0n) is 15.0. The molecule has 0 spiro atoms. The highest BCUT2D eigenvalue weighted by atomic mass is 32.1. The van der Waals surface area contributed by atoms with Crippen molar-refractivity contribution in [3.05, 3.63) is 68.4 Å². The number of rotatable bonds is 7. The third-order valence-electron chi connectivity index (χ3n) is 4.74. The van der Waals surface area contributed by atoms with Gasteiger partial charge in [-0.15, -0.1) is 11.3 Å². The average Bonchev–Trinajstić information content (AvgIpc) is 3.19. The first-order valence-electron chi connectivity index (χ1n) is 9.05. The van der Waals surface area contributed by atoms with Crippen molar-refractivity contribution in [2.45, 2.75) is 19.4 Å². The Labute approximate surface area is 162 Å². The van der Waals surface area contributed by atoms with Gasteiger partial charge in [-0.05, 0) is 54.9 Å². The Kier molecular flexibility index (Phi) is 6.73. The summed E-state index contributed by atoms with van der Waals surface area (Å²) in [4.78, 5) is 26.2. The molecule has 7 heteroatoms. The van der Waals surface area contributed by atoms with Crippen molar-refractivity contribution in [2.75, 3.05) is 19.6 Å². The Morgan fingerprint density at radius 1 is 1.30 bits per heavy atom. The number of likely N-dealkylation sites (tertiary alicyclic amines) is 1. The Hall–Kier alpha value is -2.51. The quantitative estimate of drug-likeness (QED) is 0.448. The van der Waals surface area contributed by atoms with Gasteiger partial charge in [-0.1, -0.05) is 18.2 Å². The highest BCUT2D eigenvalue weighted by Crippen LogP contribution is 2.20.